The van der Waals surface area contributed by atoms with E-state index in [1.54, 1.807) is 0 Å². The van der Waals surface area contributed by atoms with Gasteiger partial charge in [-0.05, 0) is 31.4 Å². The van der Waals surface area contributed by atoms with Gasteiger partial charge in [-0.2, -0.15) is 0 Å². The Hall–Kier alpha value is -0.910. The van der Waals surface area contributed by atoms with Gasteiger partial charge < -0.3 is 5.32 Å². The minimum Gasteiger partial charge on any atom is -0.309 e. The van der Waals surface area contributed by atoms with Crippen LogP contribution in [-0.4, -0.2) is 27.8 Å². The highest BCUT2D eigenvalue weighted by atomic mass is 32.2. The fourth-order valence-corrected chi connectivity index (χ4v) is 3.73. The van der Waals surface area contributed by atoms with Crippen molar-refractivity contribution in [1.29, 1.82) is 0 Å². The molecule has 0 amide bonds. The van der Waals surface area contributed by atoms with Crippen molar-refractivity contribution < 1.29 is 8.42 Å². The molecule has 1 aromatic carbocycles. The molecule has 1 atom stereocenters. The number of benzene rings is 1. The smallest absolute Gasteiger partial charge is 0.212 e. The topological polar surface area (TPSA) is 58.2 Å². The summed E-state index contributed by atoms with van der Waals surface area (Å²) in [6, 6.07) is 10.7. The Kier molecular flexibility index (Phi) is 6.21. The van der Waals surface area contributed by atoms with E-state index in [0.717, 1.165) is 0 Å². The average Bonchev–Trinajstić information content (AvgIpc) is 2.53. The van der Waals surface area contributed by atoms with Gasteiger partial charge in [0.25, 0.3) is 0 Å². The number of hydrogen-bond donors (Lipinski definition) is 2. The van der Waals surface area contributed by atoms with E-state index in [0.29, 0.717) is 12.5 Å². The van der Waals surface area contributed by atoms with Crippen LogP contribution < -0.4 is 10.0 Å². The molecule has 1 saturated carbocycles. The second-order valence-electron chi connectivity index (χ2n) is 5.76. The van der Waals surface area contributed by atoms with E-state index in [1.165, 1.54) is 44.7 Å². The molecular formula is C16H26N2O2S. The first-order chi connectivity index (χ1) is 10.1. The number of nitrogens with one attached hydrogen (secondary N) is 2. The Labute approximate surface area is 128 Å². The molecule has 1 aromatic rings. The van der Waals surface area contributed by atoms with Crippen LogP contribution in [-0.2, 0) is 10.0 Å². The average molecular weight is 310 g/mol. The molecule has 0 bridgehead atoms. The van der Waals surface area contributed by atoms with Crippen molar-refractivity contribution in [3.63, 3.8) is 0 Å². The normalized spacial score (nSPS) is 18.5. The number of rotatable bonds is 7. The molecule has 1 aliphatic carbocycles. The van der Waals surface area contributed by atoms with Crippen molar-refractivity contribution in [3.8, 4) is 0 Å². The summed E-state index contributed by atoms with van der Waals surface area (Å²) in [5.41, 5.74) is 1.27. The lowest BCUT2D eigenvalue weighted by Crippen LogP contribution is -2.35. The molecule has 0 aromatic heterocycles. The standard InChI is InChI=1S/C16H26N2O2S/c1-17-21(19,20)13-12-18-16(14-8-4-2-5-9-14)15-10-6-3-7-11-15/h2,4-5,8-9,15-18H,3,6-7,10-13H2,1H3. The first-order valence-corrected chi connectivity index (χ1v) is 9.47. The Morgan fingerprint density at radius 3 is 2.43 bits per heavy atom. The molecule has 118 valence electrons. The molecule has 0 radical (unpaired) electrons. The monoisotopic (exact) mass is 310 g/mol. The van der Waals surface area contributed by atoms with Gasteiger partial charge in [0, 0.05) is 12.6 Å². The predicted octanol–water partition coefficient (Wildman–Crippen LogP) is 2.45. The van der Waals surface area contributed by atoms with E-state index in [2.05, 4.69) is 34.3 Å². The van der Waals surface area contributed by atoms with Crippen LogP contribution in [0.15, 0.2) is 30.3 Å². The molecule has 0 heterocycles. The van der Waals surface area contributed by atoms with Crippen molar-refractivity contribution >= 4 is 10.0 Å². The summed E-state index contributed by atoms with van der Waals surface area (Å²) in [5, 5.41) is 3.48. The Bertz CT molecular complexity index is 510. The van der Waals surface area contributed by atoms with Crippen LogP contribution in [0.25, 0.3) is 0 Å². The fraction of sp³-hybridized carbons (Fsp3) is 0.625. The molecule has 21 heavy (non-hydrogen) atoms. The number of hydrogen-bond acceptors (Lipinski definition) is 3. The minimum absolute atomic E-state index is 0.125. The molecule has 1 aliphatic rings. The molecule has 2 rings (SSSR count). The van der Waals surface area contributed by atoms with Crippen LogP contribution in [0.2, 0.25) is 0 Å². The van der Waals surface area contributed by atoms with Gasteiger partial charge in [-0.1, -0.05) is 49.6 Å². The van der Waals surface area contributed by atoms with E-state index < -0.39 is 10.0 Å². The van der Waals surface area contributed by atoms with Crippen LogP contribution >= 0.6 is 0 Å². The van der Waals surface area contributed by atoms with Gasteiger partial charge in [-0.3, -0.25) is 0 Å². The van der Waals surface area contributed by atoms with Gasteiger partial charge in [-0.15, -0.1) is 0 Å². The van der Waals surface area contributed by atoms with Crippen LogP contribution in [0.1, 0.15) is 43.7 Å². The molecular weight excluding hydrogens is 284 g/mol. The first-order valence-electron chi connectivity index (χ1n) is 7.82. The summed E-state index contributed by atoms with van der Waals surface area (Å²) >= 11 is 0. The van der Waals surface area contributed by atoms with Crippen LogP contribution in [0, 0.1) is 5.92 Å². The third-order valence-electron chi connectivity index (χ3n) is 4.33. The third kappa shape index (κ3) is 5.09. The summed E-state index contributed by atoms with van der Waals surface area (Å²) in [6.07, 6.45) is 6.35. The maximum Gasteiger partial charge on any atom is 0.212 e. The Morgan fingerprint density at radius 1 is 1.14 bits per heavy atom. The first kappa shape index (κ1) is 16.5. The van der Waals surface area contributed by atoms with E-state index in [9.17, 15) is 8.42 Å². The zero-order valence-corrected chi connectivity index (χ0v) is 13.5. The number of sulfonamides is 1. The highest BCUT2D eigenvalue weighted by molar-refractivity contribution is 7.89. The third-order valence-corrected chi connectivity index (χ3v) is 5.69. The summed E-state index contributed by atoms with van der Waals surface area (Å²) in [5.74, 6) is 0.734. The summed E-state index contributed by atoms with van der Waals surface area (Å²) < 4.78 is 25.5. The lowest BCUT2D eigenvalue weighted by atomic mass is 9.81. The maximum absolute atomic E-state index is 11.5. The second-order valence-corrected chi connectivity index (χ2v) is 7.81. The van der Waals surface area contributed by atoms with E-state index in [1.807, 2.05) is 6.07 Å². The maximum atomic E-state index is 11.5. The molecule has 2 N–H and O–H groups in total. The van der Waals surface area contributed by atoms with Crippen LogP contribution in [0.5, 0.6) is 0 Å². The molecule has 0 spiro atoms. The summed E-state index contributed by atoms with van der Waals surface area (Å²) in [4.78, 5) is 0. The molecule has 0 aliphatic heterocycles. The van der Waals surface area contributed by atoms with Crippen molar-refractivity contribution in [2.75, 3.05) is 19.3 Å². The Balaban J connectivity index is 2.02. The summed E-state index contributed by atoms with van der Waals surface area (Å²) in [7, 11) is -1.68. The lowest BCUT2D eigenvalue weighted by Gasteiger charge is -2.31. The van der Waals surface area contributed by atoms with E-state index >= 15 is 0 Å². The second kappa shape index (κ2) is 7.92. The zero-order chi connectivity index (χ0) is 15.1. The molecule has 1 unspecified atom stereocenters. The Morgan fingerprint density at radius 2 is 1.81 bits per heavy atom. The highest BCUT2D eigenvalue weighted by Crippen LogP contribution is 2.34. The van der Waals surface area contributed by atoms with Gasteiger partial charge in [0.2, 0.25) is 10.0 Å². The van der Waals surface area contributed by atoms with Crippen molar-refractivity contribution in [2.45, 2.75) is 38.1 Å². The van der Waals surface area contributed by atoms with Crippen molar-refractivity contribution in [2.24, 2.45) is 5.92 Å². The van der Waals surface area contributed by atoms with Gasteiger partial charge in [0.15, 0.2) is 0 Å². The zero-order valence-electron chi connectivity index (χ0n) is 12.7. The lowest BCUT2D eigenvalue weighted by molar-refractivity contribution is 0.274. The van der Waals surface area contributed by atoms with E-state index in [-0.39, 0.29) is 11.8 Å². The van der Waals surface area contributed by atoms with Crippen molar-refractivity contribution in [1.82, 2.24) is 10.0 Å². The SMILES string of the molecule is CNS(=O)(=O)CCNC(c1ccccc1)C1CCCCC1. The van der Waals surface area contributed by atoms with Crippen LogP contribution in [0.3, 0.4) is 0 Å². The van der Waals surface area contributed by atoms with Gasteiger partial charge in [-0.25, -0.2) is 13.1 Å². The van der Waals surface area contributed by atoms with Gasteiger partial charge in [0.1, 0.15) is 0 Å². The van der Waals surface area contributed by atoms with Crippen molar-refractivity contribution in [3.05, 3.63) is 35.9 Å². The molecule has 0 saturated heterocycles. The van der Waals surface area contributed by atoms with Gasteiger partial charge >= 0.3 is 0 Å². The largest absolute Gasteiger partial charge is 0.309 e. The molecule has 5 heteroatoms. The van der Waals surface area contributed by atoms with Gasteiger partial charge in [0.05, 0.1) is 5.75 Å². The predicted molar refractivity (Wildman–Crippen MR) is 86.6 cm³/mol. The van der Waals surface area contributed by atoms with Crippen LogP contribution in [0.4, 0.5) is 0 Å². The summed E-state index contributed by atoms with van der Waals surface area (Å²) in [6.45, 7) is 0.485. The fourth-order valence-electron chi connectivity index (χ4n) is 3.14. The molecule has 1 fully saturated rings. The highest BCUT2D eigenvalue weighted by Gasteiger charge is 2.24. The van der Waals surface area contributed by atoms with E-state index in [4.69, 9.17) is 0 Å². The quantitative estimate of drug-likeness (QED) is 0.813. The molecule has 4 nitrogen and oxygen atoms in total. The minimum atomic E-state index is -3.14.